The molecule has 0 aromatic heterocycles. The molecule has 4 atom stereocenters. The highest BCUT2D eigenvalue weighted by atomic mass is 35.5. The van der Waals surface area contributed by atoms with E-state index in [1.165, 1.54) is 18.4 Å². The molecule has 96 valence electrons. The summed E-state index contributed by atoms with van der Waals surface area (Å²) < 4.78 is 0. The molecule has 0 radical (unpaired) electrons. The van der Waals surface area contributed by atoms with E-state index in [1.54, 1.807) is 0 Å². The maximum Gasteiger partial charge on any atom is 0.0410 e. The van der Waals surface area contributed by atoms with E-state index in [1.807, 2.05) is 12.1 Å². The lowest BCUT2D eigenvalue weighted by molar-refractivity contribution is 0.238. The standard InChI is InChI=1S/C16H20ClN/c1-14(2)9-6-13-15(3,8-9)16(13,14)11-7-10(17)4-5-12(11)18/h4-5,7,9,13H,6,8,18H2,1-3H3. The Bertz CT molecular complexity index is 564. The molecule has 4 bridgehead atoms. The molecule has 1 aromatic rings. The monoisotopic (exact) mass is 261 g/mol. The highest BCUT2D eigenvalue weighted by Crippen LogP contribution is 2.92. The molecule has 0 aliphatic heterocycles. The van der Waals surface area contributed by atoms with Crippen molar-refractivity contribution in [2.75, 3.05) is 5.73 Å². The van der Waals surface area contributed by atoms with Crippen LogP contribution in [-0.4, -0.2) is 0 Å². The van der Waals surface area contributed by atoms with Crippen LogP contribution in [0.5, 0.6) is 0 Å². The minimum Gasteiger partial charge on any atom is -0.398 e. The first-order chi connectivity index (χ1) is 8.35. The zero-order valence-electron chi connectivity index (χ0n) is 11.3. The number of rotatable bonds is 1. The molecule has 2 heteroatoms. The summed E-state index contributed by atoms with van der Waals surface area (Å²) in [5, 5.41) is 0.822. The molecular formula is C16H20ClN. The van der Waals surface area contributed by atoms with Crippen molar-refractivity contribution in [3.05, 3.63) is 28.8 Å². The summed E-state index contributed by atoms with van der Waals surface area (Å²) in [5.41, 5.74) is 9.67. The zero-order valence-corrected chi connectivity index (χ0v) is 12.0. The summed E-state index contributed by atoms with van der Waals surface area (Å²) in [6, 6.07) is 6.02. The molecule has 0 saturated heterocycles. The number of anilines is 1. The van der Waals surface area contributed by atoms with Gasteiger partial charge in [-0.1, -0.05) is 32.4 Å². The Morgan fingerprint density at radius 3 is 2.50 bits per heavy atom. The normalized spacial score (nSPS) is 46.4. The SMILES string of the molecule is CC1(C)C2CC3C(C)(C2)C31c1cc(Cl)ccc1N. The van der Waals surface area contributed by atoms with Crippen molar-refractivity contribution in [3.63, 3.8) is 0 Å². The summed E-state index contributed by atoms with van der Waals surface area (Å²) >= 11 is 6.22. The molecule has 0 amide bonds. The molecule has 4 fully saturated rings. The lowest BCUT2D eigenvalue weighted by Crippen LogP contribution is -2.30. The minimum absolute atomic E-state index is 0.291. The fourth-order valence-electron chi connectivity index (χ4n) is 6.17. The van der Waals surface area contributed by atoms with E-state index in [4.69, 9.17) is 17.3 Å². The second-order valence-corrected chi connectivity index (χ2v) is 7.80. The number of nitrogens with two attached hydrogens (primary N) is 1. The molecule has 1 aromatic carbocycles. The van der Waals surface area contributed by atoms with Gasteiger partial charge in [0.25, 0.3) is 0 Å². The van der Waals surface area contributed by atoms with Crippen LogP contribution >= 0.6 is 11.6 Å². The van der Waals surface area contributed by atoms with Gasteiger partial charge in [0.2, 0.25) is 0 Å². The van der Waals surface area contributed by atoms with Gasteiger partial charge in [-0.2, -0.15) is 0 Å². The molecule has 0 heterocycles. The van der Waals surface area contributed by atoms with Crippen LogP contribution in [0.15, 0.2) is 18.2 Å². The Morgan fingerprint density at radius 1 is 1.28 bits per heavy atom. The van der Waals surface area contributed by atoms with E-state index in [9.17, 15) is 0 Å². The number of hydrogen-bond donors (Lipinski definition) is 1. The third-order valence-corrected chi connectivity index (χ3v) is 7.01. The van der Waals surface area contributed by atoms with Gasteiger partial charge in [-0.25, -0.2) is 0 Å². The maximum atomic E-state index is 6.28. The van der Waals surface area contributed by atoms with Gasteiger partial charge in [-0.05, 0) is 59.3 Å². The Morgan fingerprint density at radius 2 is 2.00 bits per heavy atom. The second kappa shape index (κ2) is 2.75. The highest BCUT2D eigenvalue weighted by Gasteiger charge is 2.89. The van der Waals surface area contributed by atoms with Crippen molar-refractivity contribution < 1.29 is 0 Å². The minimum atomic E-state index is 0.291. The van der Waals surface area contributed by atoms with Crippen molar-refractivity contribution in [3.8, 4) is 0 Å². The smallest absolute Gasteiger partial charge is 0.0410 e. The average Bonchev–Trinajstić information content (AvgIpc) is 2.56. The summed E-state index contributed by atoms with van der Waals surface area (Å²) in [4.78, 5) is 0. The van der Waals surface area contributed by atoms with E-state index >= 15 is 0 Å². The van der Waals surface area contributed by atoms with E-state index in [2.05, 4.69) is 26.8 Å². The molecule has 1 nitrogen and oxygen atoms in total. The highest BCUT2D eigenvalue weighted by molar-refractivity contribution is 6.30. The summed E-state index contributed by atoms with van der Waals surface area (Å²) in [6.07, 6.45) is 2.76. The average molecular weight is 262 g/mol. The van der Waals surface area contributed by atoms with Crippen molar-refractivity contribution in [2.24, 2.45) is 22.7 Å². The first kappa shape index (κ1) is 11.2. The fraction of sp³-hybridized carbons (Fsp3) is 0.625. The van der Waals surface area contributed by atoms with Crippen LogP contribution in [-0.2, 0) is 5.41 Å². The van der Waals surface area contributed by atoms with Crippen molar-refractivity contribution in [1.29, 1.82) is 0 Å². The molecule has 4 saturated carbocycles. The van der Waals surface area contributed by atoms with Gasteiger partial charge in [-0.15, -0.1) is 0 Å². The van der Waals surface area contributed by atoms with Gasteiger partial charge in [0.1, 0.15) is 0 Å². The summed E-state index contributed by atoms with van der Waals surface area (Å²) in [7, 11) is 0. The van der Waals surface area contributed by atoms with E-state index in [0.717, 1.165) is 22.5 Å². The molecule has 2 N–H and O–H groups in total. The van der Waals surface area contributed by atoms with Crippen LogP contribution in [0.2, 0.25) is 5.02 Å². The number of halogens is 1. The topological polar surface area (TPSA) is 26.0 Å². The van der Waals surface area contributed by atoms with Crippen molar-refractivity contribution in [2.45, 2.75) is 39.0 Å². The quantitative estimate of drug-likeness (QED) is 0.752. The lowest BCUT2D eigenvalue weighted by atomic mass is 9.70. The third-order valence-electron chi connectivity index (χ3n) is 6.78. The fourth-order valence-corrected chi connectivity index (χ4v) is 6.34. The van der Waals surface area contributed by atoms with Crippen LogP contribution in [0, 0.1) is 22.7 Å². The van der Waals surface area contributed by atoms with E-state index < -0.39 is 0 Å². The second-order valence-electron chi connectivity index (χ2n) is 7.37. The van der Waals surface area contributed by atoms with Gasteiger partial charge < -0.3 is 5.73 Å². The van der Waals surface area contributed by atoms with E-state index in [-0.39, 0.29) is 0 Å². The summed E-state index contributed by atoms with van der Waals surface area (Å²) in [5.74, 6) is 1.69. The molecule has 18 heavy (non-hydrogen) atoms. The molecule has 4 aliphatic carbocycles. The number of hydrogen-bond acceptors (Lipinski definition) is 1. The van der Waals surface area contributed by atoms with Crippen LogP contribution in [0.1, 0.15) is 39.2 Å². The van der Waals surface area contributed by atoms with Gasteiger partial charge >= 0.3 is 0 Å². The Kier molecular flexibility index (Phi) is 1.70. The molecule has 5 rings (SSSR count). The van der Waals surface area contributed by atoms with Crippen LogP contribution in [0.25, 0.3) is 0 Å². The first-order valence-electron chi connectivity index (χ1n) is 6.91. The third kappa shape index (κ3) is 0.834. The van der Waals surface area contributed by atoms with Gasteiger partial charge in [0.15, 0.2) is 0 Å². The predicted molar refractivity (Wildman–Crippen MR) is 75.6 cm³/mol. The van der Waals surface area contributed by atoms with Gasteiger partial charge in [0, 0.05) is 16.1 Å². The van der Waals surface area contributed by atoms with Crippen LogP contribution in [0.3, 0.4) is 0 Å². The molecule has 4 unspecified atom stereocenters. The lowest BCUT2D eigenvalue weighted by Gasteiger charge is -2.34. The van der Waals surface area contributed by atoms with E-state index in [0.29, 0.717) is 16.2 Å². The van der Waals surface area contributed by atoms with Crippen molar-refractivity contribution >= 4 is 17.3 Å². The predicted octanol–water partition coefficient (Wildman–Crippen LogP) is 4.25. The molecular weight excluding hydrogens is 242 g/mol. The van der Waals surface area contributed by atoms with Gasteiger partial charge in [0.05, 0.1) is 0 Å². The Labute approximate surface area is 114 Å². The maximum absolute atomic E-state index is 6.28. The number of benzene rings is 1. The zero-order chi connectivity index (χ0) is 12.9. The first-order valence-corrected chi connectivity index (χ1v) is 7.29. The van der Waals surface area contributed by atoms with Crippen molar-refractivity contribution in [1.82, 2.24) is 0 Å². The van der Waals surface area contributed by atoms with Crippen LogP contribution < -0.4 is 5.73 Å². The molecule has 4 aliphatic rings. The Balaban J connectivity index is 1.99. The molecule has 0 spiro atoms. The largest absolute Gasteiger partial charge is 0.398 e. The van der Waals surface area contributed by atoms with Gasteiger partial charge in [-0.3, -0.25) is 0 Å². The number of nitrogen functional groups attached to an aromatic ring is 1. The van der Waals surface area contributed by atoms with Crippen LogP contribution in [0.4, 0.5) is 5.69 Å². The Hall–Kier alpha value is -0.690. The summed E-state index contributed by atoms with van der Waals surface area (Å²) in [6.45, 7) is 7.35.